The molecule has 1 saturated carbocycles. The standard InChI is InChI=1S/C16H22N4/c17-11-13-7-3-1-6-10-15(13)16-12-18-19-20(16)14-8-4-2-5-9-14/h2,4-5,8-9,12-13,15H,1,3,6-7,10-11,17H2. The van der Waals surface area contributed by atoms with Gasteiger partial charge in [0.25, 0.3) is 0 Å². The van der Waals surface area contributed by atoms with E-state index < -0.39 is 0 Å². The van der Waals surface area contributed by atoms with E-state index in [1.165, 1.54) is 37.8 Å². The molecule has 1 aliphatic carbocycles. The highest BCUT2D eigenvalue weighted by atomic mass is 15.4. The first-order valence-electron chi connectivity index (χ1n) is 7.56. The van der Waals surface area contributed by atoms with E-state index in [4.69, 9.17) is 5.73 Å². The maximum Gasteiger partial charge on any atom is 0.0732 e. The second kappa shape index (κ2) is 6.18. The number of nitrogens with zero attached hydrogens (tertiary/aromatic N) is 3. The molecule has 1 fully saturated rings. The van der Waals surface area contributed by atoms with E-state index in [9.17, 15) is 0 Å². The third-order valence-corrected chi connectivity index (χ3v) is 4.42. The first-order chi connectivity index (χ1) is 9.90. The van der Waals surface area contributed by atoms with Gasteiger partial charge in [0.15, 0.2) is 0 Å². The van der Waals surface area contributed by atoms with Crippen molar-refractivity contribution in [3.8, 4) is 5.69 Å². The van der Waals surface area contributed by atoms with Gasteiger partial charge >= 0.3 is 0 Å². The van der Waals surface area contributed by atoms with Gasteiger partial charge in [0, 0.05) is 5.92 Å². The smallest absolute Gasteiger partial charge is 0.0732 e. The lowest BCUT2D eigenvalue weighted by Crippen LogP contribution is -2.23. The van der Waals surface area contributed by atoms with E-state index in [1.807, 2.05) is 29.1 Å². The number of benzene rings is 1. The van der Waals surface area contributed by atoms with Crippen molar-refractivity contribution < 1.29 is 0 Å². The lowest BCUT2D eigenvalue weighted by molar-refractivity contribution is 0.395. The third kappa shape index (κ3) is 2.61. The highest BCUT2D eigenvalue weighted by Crippen LogP contribution is 2.36. The van der Waals surface area contributed by atoms with E-state index in [1.54, 1.807) is 0 Å². The van der Waals surface area contributed by atoms with Crippen LogP contribution in [0.25, 0.3) is 5.69 Å². The van der Waals surface area contributed by atoms with Gasteiger partial charge in [0.05, 0.1) is 17.6 Å². The monoisotopic (exact) mass is 270 g/mol. The molecule has 1 aliphatic rings. The Labute approximate surface area is 120 Å². The van der Waals surface area contributed by atoms with Crippen LogP contribution in [0.5, 0.6) is 0 Å². The van der Waals surface area contributed by atoms with Gasteiger partial charge in [-0.05, 0) is 37.4 Å². The van der Waals surface area contributed by atoms with Gasteiger partial charge in [-0.2, -0.15) is 0 Å². The van der Waals surface area contributed by atoms with Crippen molar-refractivity contribution >= 4 is 0 Å². The first kappa shape index (κ1) is 13.3. The van der Waals surface area contributed by atoms with Gasteiger partial charge in [0.1, 0.15) is 0 Å². The molecule has 2 aromatic rings. The van der Waals surface area contributed by atoms with E-state index in [2.05, 4.69) is 22.4 Å². The number of hydrogen-bond acceptors (Lipinski definition) is 3. The molecule has 0 bridgehead atoms. The Balaban J connectivity index is 1.95. The van der Waals surface area contributed by atoms with Gasteiger partial charge in [-0.3, -0.25) is 0 Å². The Morgan fingerprint density at radius 1 is 1.10 bits per heavy atom. The van der Waals surface area contributed by atoms with Crippen molar-refractivity contribution in [2.75, 3.05) is 6.54 Å². The van der Waals surface area contributed by atoms with E-state index in [0.717, 1.165) is 12.2 Å². The Morgan fingerprint density at radius 3 is 2.70 bits per heavy atom. The molecule has 4 heteroatoms. The summed E-state index contributed by atoms with van der Waals surface area (Å²) in [6.45, 7) is 0.755. The van der Waals surface area contributed by atoms with Crippen LogP contribution in [0.2, 0.25) is 0 Å². The second-order valence-corrected chi connectivity index (χ2v) is 5.65. The molecule has 2 unspecified atom stereocenters. The van der Waals surface area contributed by atoms with Crippen molar-refractivity contribution in [1.29, 1.82) is 0 Å². The average molecular weight is 270 g/mol. The molecule has 1 aromatic carbocycles. The molecule has 0 aliphatic heterocycles. The minimum atomic E-state index is 0.484. The normalized spacial score (nSPS) is 23.4. The summed E-state index contributed by atoms with van der Waals surface area (Å²) < 4.78 is 1.98. The summed E-state index contributed by atoms with van der Waals surface area (Å²) in [5.74, 6) is 1.04. The van der Waals surface area contributed by atoms with Gasteiger partial charge in [-0.15, -0.1) is 5.10 Å². The van der Waals surface area contributed by atoms with Crippen LogP contribution in [0.1, 0.15) is 43.7 Å². The van der Waals surface area contributed by atoms with Crippen LogP contribution in [-0.4, -0.2) is 21.5 Å². The van der Waals surface area contributed by atoms with Crippen LogP contribution in [-0.2, 0) is 0 Å². The summed E-state index contributed by atoms with van der Waals surface area (Å²) in [6, 6.07) is 10.2. The summed E-state index contributed by atoms with van der Waals surface area (Å²) in [4.78, 5) is 0. The van der Waals surface area contributed by atoms with Crippen LogP contribution in [0.3, 0.4) is 0 Å². The quantitative estimate of drug-likeness (QED) is 0.872. The predicted octanol–water partition coefficient (Wildman–Crippen LogP) is 2.89. The third-order valence-electron chi connectivity index (χ3n) is 4.42. The van der Waals surface area contributed by atoms with Crippen LogP contribution in [0, 0.1) is 5.92 Å². The lowest BCUT2D eigenvalue weighted by atomic mass is 9.85. The molecule has 0 spiro atoms. The molecule has 3 rings (SSSR count). The molecule has 1 aromatic heterocycles. The average Bonchev–Trinajstić information content (AvgIpc) is 2.86. The van der Waals surface area contributed by atoms with Gasteiger partial charge < -0.3 is 5.73 Å². The van der Waals surface area contributed by atoms with Crippen molar-refractivity contribution in [3.63, 3.8) is 0 Å². The summed E-state index contributed by atoms with van der Waals surface area (Å²) in [7, 11) is 0. The molecule has 0 saturated heterocycles. The zero-order valence-corrected chi connectivity index (χ0v) is 11.8. The van der Waals surface area contributed by atoms with Crippen molar-refractivity contribution in [2.45, 2.75) is 38.0 Å². The molecule has 1 heterocycles. The highest BCUT2D eigenvalue weighted by molar-refractivity contribution is 5.32. The number of nitrogens with two attached hydrogens (primary N) is 1. The largest absolute Gasteiger partial charge is 0.330 e. The number of hydrogen-bond donors (Lipinski definition) is 1. The number of aromatic nitrogens is 3. The zero-order chi connectivity index (χ0) is 13.8. The maximum atomic E-state index is 6.01. The van der Waals surface area contributed by atoms with Crippen molar-refractivity contribution in [2.24, 2.45) is 11.7 Å². The molecule has 106 valence electrons. The summed E-state index contributed by atoms with van der Waals surface area (Å²) >= 11 is 0. The molecular weight excluding hydrogens is 248 g/mol. The van der Waals surface area contributed by atoms with E-state index in [-0.39, 0.29) is 0 Å². The van der Waals surface area contributed by atoms with E-state index >= 15 is 0 Å². The summed E-state index contributed by atoms with van der Waals surface area (Å²) in [5, 5.41) is 8.43. The molecule has 2 N–H and O–H groups in total. The summed E-state index contributed by atoms with van der Waals surface area (Å²) in [6.07, 6.45) is 8.24. The fraction of sp³-hybridized carbons (Fsp3) is 0.500. The Morgan fingerprint density at radius 2 is 1.90 bits per heavy atom. The van der Waals surface area contributed by atoms with E-state index in [0.29, 0.717) is 11.8 Å². The fourth-order valence-corrected chi connectivity index (χ4v) is 3.32. The van der Waals surface area contributed by atoms with Crippen LogP contribution in [0.15, 0.2) is 36.5 Å². The fourth-order valence-electron chi connectivity index (χ4n) is 3.32. The minimum absolute atomic E-state index is 0.484. The summed E-state index contributed by atoms with van der Waals surface area (Å²) in [5.41, 5.74) is 8.31. The van der Waals surface area contributed by atoms with Gasteiger partial charge in [-0.1, -0.05) is 42.7 Å². The topological polar surface area (TPSA) is 56.7 Å². The number of rotatable bonds is 3. The van der Waals surface area contributed by atoms with Gasteiger partial charge in [0.2, 0.25) is 0 Å². The minimum Gasteiger partial charge on any atom is -0.330 e. The molecule has 2 atom stereocenters. The highest BCUT2D eigenvalue weighted by Gasteiger charge is 2.27. The molecule has 0 amide bonds. The van der Waals surface area contributed by atoms with Crippen molar-refractivity contribution in [3.05, 3.63) is 42.2 Å². The second-order valence-electron chi connectivity index (χ2n) is 5.65. The molecule has 0 radical (unpaired) electrons. The molecule has 4 nitrogen and oxygen atoms in total. The van der Waals surface area contributed by atoms with Crippen LogP contribution in [0.4, 0.5) is 0 Å². The van der Waals surface area contributed by atoms with Crippen LogP contribution < -0.4 is 5.73 Å². The predicted molar refractivity (Wildman–Crippen MR) is 79.7 cm³/mol. The Kier molecular flexibility index (Phi) is 4.11. The molecular formula is C16H22N4. The first-order valence-corrected chi connectivity index (χ1v) is 7.56. The molecule has 20 heavy (non-hydrogen) atoms. The Hall–Kier alpha value is -1.68. The lowest BCUT2D eigenvalue weighted by Gasteiger charge is -2.24. The zero-order valence-electron chi connectivity index (χ0n) is 11.8. The maximum absolute atomic E-state index is 6.01. The SMILES string of the molecule is NCC1CCCCCC1c1cnnn1-c1ccccc1. The Bertz CT molecular complexity index is 534. The van der Waals surface area contributed by atoms with Crippen molar-refractivity contribution in [1.82, 2.24) is 15.0 Å². The number of para-hydroxylation sites is 1. The van der Waals surface area contributed by atoms with Crippen LogP contribution >= 0.6 is 0 Å². The van der Waals surface area contributed by atoms with Gasteiger partial charge in [-0.25, -0.2) is 4.68 Å².